The first-order valence-electron chi connectivity index (χ1n) is 14.7. The second-order valence-corrected chi connectivity index (χ2v) is 13.5. The molecule has 0 radical (unpaired) electrons. The van der Waals surface area contributed by atoms with Crippen molar-refractivity contribution in [1.29, 1.82) is 0 Å². The molecule has 2 aliphatic heterocycles. The van der Waals surface area contributed by atoms with E-state index in [1.54, 1.807) is 18.7 Å². The van der Waals surface area contributed by atoms with Crippen LogP contribution >= 0.6 is 15.9 Å². The topological polar surface area (TPSA) is 80.3 Å². The Morgan fingerprint density at radius 3 is 2.35 bits per heavy atom. The molecule has 2 aliphatic rings. The van der Waals surface area contributed by atoms with Gasteiger partial charge in [-0.25, -0.2) is 4.79 Å². The number of benzene rings is 3. The molecule has 2 atom stereocenters. The summed E-state index contributed by atoms with van der Waals surface area (Å²) in [5.74, 6) is -0.342. The summed E-state index contributed by atoms with van der Waals surface area (Å²) >= 11 is 3.44. The van der Waals surface area contributed by atoms with E-state index < -0.39 is 18.0 Å². The number of halogens is 1. The van der Waals surface area contributed by atoms with Gasteiger partial charge in [0, 0.05) is 29.8 Å². The highest BCUT2D eigenvalue weighted by Gasteiger charge is 2.48. The number of hydrogen-bond donors (Lipinski definition) is 1. The van der Waals surface area contributed by atoms with Gasteiger partial charge in [0.05, 0.1) is 6.54 Å². The highest BCUT2D eigenvalue weighted by molar-refractivity contribution is 9.10. The van der Waals surface area contributed by atoms with E-state index >= 15 is 0 Å². The number of fused-ring (bicyclic) bond motifs is 1. The highest BCUT2D eigenvalue weighted by atomic mass is 79.9. The molecule has 3 aromatic carbocycles. The van der Waals surface area contributed by atoms with Gasteiger partial charge in [-0.3, -0.25) is 4.79 Å². The Hall–Kier alpha value is -3.40. The summed E-state index contributed by atoms with van der Waals surface area (Å²) in [7, 11) is 0. The molecular weight excluding hydrogens is 610 g/mol. The summed E-state index contributed by atoms with van der Waals surface area (Å²) in [6, 6.07) is 23.0. The minimum absolute atomic E-state index is 0.123. The zero-order valence-corrected chi connectivity index (χ0v) is 27.0. The van der Waals surface area contributed by atoms with Gasteiger partial charge in [-0.2, -0.15) is 0 Å². The van der Waals surface area contributed by atoms with E-state index in [-0.39, 0.29) is 24.1 Å². The van der Waals surface area contributed by atoms with Gasteiger partial charge in [-0.05, 0) is 94.1 Å². The van der Waals surface area contributed by atoms with Crippen LogP contribution in [0.4, 0.5) is 10.5 Å². The fraction of sp³-hybridized carbons (Fsp3) is 0.412. The number of urea groups is 1. The standard InChI is InChI=1S/C34H40BrN3O5/c1-33(2,3)41-28-16-10-23(11-17-28)20-38(32(40)36-27-14-12-26(35)13-15-27)22-29-30(43-34(4,5)42-29)31(39)37-19-18-24-8-6-7-9-25(24)21-37/h6-17,29-30H,18-22H2,1-5H3,(H,36,40)/t29-,30?/m0/s1. The minimum atomic E-state index is -0.974. The zero-order chi connectivity index (χ0) is 30.8. The first-order valence-corrected chi connectivity index (χ1v) is 15.5. The molecule has 1 unspecified atom stereocenters. The van der Waals surface area contributed by atoms with Crippen molar-refractivity contribution in [2.24, 2.45) is 0 Å². The lowest BCUT2D eigenvalue weighted by molar-refractivity contribution is -0.162. The SMILES string of the molecule is CC(C)(C)Oc1ccc(CN(C[C@@H]2OC(C)(C)OC2C(=O)N2CCc3ccccc3C2)C(=O)Nc2ccc(Br)cc2)cc1. The van der Waals surface area contributed by atoms with Crippen LogP contribution in [0.15, 0.2) is 77.3 Å². The third kappa shape index (κ3) is 8.16. The predicted octanol–water partition coefficient (Wildman–Crippen LogP) is 6.77. The lowest BCUT2D eigenvalue weighted by Crippen LogP contribution is -2.50. The van der Waals surface area contributed by atoms with E-state index in [4.69, 9.17) is 14.2 Å². The molecule has 228 valence electrons. The molecule has 9 heteroatoms. The van der Waals surface area contributed by atoms with Gasteiger partial charge in [-0.15, -0.1) is 0 Å². The molecule has 1 fully saturated rings. The number of anilines is 1. The molecule has 3 amide bonds. The van der Waals surface area contributed by atoms with Gasteiger partial charge in [0.15, 0.2) is 11.9 Å². The minimum Gasteiger partial charge on any atom is -0.488 e. The summed E-state index contributed by atoms with van der Waals surface area (Å²) < 4.78 is 19.4. The number of carbonyl (C=O) groups excluding carboxylic acids is 2. The number of carbonyl (C=O) groups is 2. The Morgan fingerprint density at radius 1 is 1.00 bits per heavy atom. The van der Waals surface area contributed by atoms with Gasteiger partial charge in [0.2, 0.25) is 0 Å². The molecule has 1 saturated heterocycles. The maximum absolute atomic E-state index is 13.9. The van der Waals surface area contributed by atoms with E-state index in [2.05, 4.69) is 33.4 Å². The Balaban J connectivity index is 1.36. The van der Waals surface area contributed by atoms with Crippen LogP contribution in [-0.4, -0.2) is 58.4 Å². The maximum atomic E-state index is 13.9. The highest BCUT2D eigenvalue weighted by Crippen LogP contribution is 2.32. The molecule has 8 nitrogen and oxygen atoms in total. The molecule has 2 heterocycles. The summed E-state index contributed by atoms with van der Waals surface area (Å²) in [6.45, 7) is 11.2. The number of amides is 3. The average molecular weight is 651 g/mol. The van der Waals surface area contributed by atoms with E-state index in [9.17, 15) is 9.59 Å². The molecule has 0 aliphatic carbocycles. The van der Waals surface area contributed by atoms with Gasteiger partial charge in [-0.1, -0.05) is 52.3 Å². The van der Waals surface area contributed by atoms with Crippen LogP contribution in [0.2, 0.25) is 0 Å². The van der Waals surface area contributed by atoms with Crippen molar-refractivity contribution in [2.75, 3.05) is 18.4 Å². The summed E-state index contributed by atoms with van der Waals surface area (Å²) in [4.78, 5) is 31.1. The van der Waals surface area contributed by atoms with Crippen LogP contribution in [0.5, 0.6) is 5.75 Å². The Bertz CT molecular complexity index is 1440. The fourth-order valence-electron chi connectivity index (χ4n) is 5.45. The van der Waals surface area contributed by atoms with Crippen molar-refractivity contribution < 1.29 is 23.8 Å². The molecule has 5 rings (SSSR count). The first-order chi connectivity index (χ1) is 20.3. The van der Waals surface area contributed by atoms with E-state index in [1.807, 2.05) is 86.3 Å². The summed E-state index contributed by atoms with van der Waals surface area (Å²) in [5, 5.41) is 2.99. The van der Waals surface area contributed by atoms with Gasteiger partial charge in [0.1, 0.15) is 17.5 Å². The number of hydrogen-bond acceptors (Lipinski definition) is 5. The summed E-state index contributed by atoms with van der Waals surface area (Å²) in [6.07, 6.45) is -0.704. The molecule has 0 bridgehead atoms. The van der Waals surface area contributed by atoms with Crippen molar-refractivity contribution in [3.05, 3.63) is 94.0 Å². The quantitative estimate of drug-likeness (QED) is 0.306. The number of ether oxygens (including phenoxy) is 3. The monoisotopic (exact) mass is 649 g/mol. The second kappa shape index (κ2) is 12.7. The zero-order valence-electron chi connectivity index (χ0n) is 25.4. The van der Waals surface area contributed by atoms with E-state index in [0.29, 0.717) is 25.3 Å². The number of nitrogens with one attached hydrogen (secondary N) is 1. The lowest BCUT2D eigenvalue weighted by Gasteiger charge is -2.32. The smallest absolute Gasteiger partial charge is 0.322 e. The van der Waals surface area contributed by atoms with Gasteiger partial charge >= 0.3 is 6.03 Å². The molecule has 43 heavy (non-hydrogen) atoms. The number of nitrogens with zero attached hydrogens (tertiary/aromatic N) is 2. The van der Waals surface area contributed by atoms with E-state index in [1.165, 1.54) is 5.56 Å². The van der Waals surface area contributed by atoms with Crippen LogP contribution in [0.3, 0.4) is 0 Å². The molecule has 0 saturated carbocycles. The third-order valence-electron chi connectivity index (χ3n) is 7.37. The van der Waals surface area contributed by atoms with Gasteiger partial charge < -0.3 is 29.3 Å². The average Bonchev–Trinajstić information content (AvgIpc) is 3.27. The van der Waals surface area contributed by atoms with Crippen LogP contribution in [0.1, 0.15) is 51.3 Å². The van der Waals surface area contributed by atoms with Crippen LogP contribution in [0, 0.1) is 0 Å². The largest absolute Gasteiger partial charge is 0.488 e. The number of rotatable bonds is 7. The molecule has 0 aromatic heterocycles. The second-order valence-electron chi connectivity index (χ2n) is 12.5. The molecule has 3 aromatic rings. The lowest BCUT2D eigenvalue weighted by atomic mass is 9.99. The molecule has 0 spiro atoms. The predicted molar refractivity (Wildman–Crippen MR) is 170 cm³/mol. The fourth-order valence-corrected chi connectivity index (χ4v) is 5.72. The summed E-state index contributed by atoms with van der Waals surface area (Å²) in [5.41, 5.74) is 3.67. The normalized spacial score (nSPS) is 19.4. The molecule has 1 N–H and O–H groups in total. The molecular formula is C34H40BrN3O5. The van der Waals surface area contributed by atoms with Crippen molar-refractivity contribution in [1.82, 2.24) is 9.80 Å². The van der Waals surface area contributed by atoms with Crippen molar-refractivity contribution in [3.63, 3.8) is 0 Å². The van der Waals surface area contributed by atoms with Crippen molar-refractivity contribution in [3.8, 4) is 5.75 Å². The van der Waals surface area contributed by atoms with Crippen molar-refractivity contribution in [2.45, 2.75) is 77.7 Å². The van der Waals surface area contributed by atoms with Gasteiger partial charge in [0.25, 0.3) is 5.91 Å². The van der Waals surface area contributed by atoms with Crippen LogP contribution < -0.4 is 10.1 Å². The first kappa shape index (κ1) is 31.0. The van der Waals surface area contributed by atoms with Crippen LogP contribution in [-0.2, 0) is 33.8 Å². The Morgan fingerprint density at radius 2 is 1.67 bits per heavy atom. The Labute approximate surface area is 262 Å². The van der Waals surface area contributed by atoms with E-state index in [0.717, 1.165) is 27.8 Å². The maximum Gasteiger partial charge on any atom is 0.322 e. The third-order valence-corrected chi connectivity index (χ3v) is 7.90. The van der Waals surface area contributed by atoms with Crippen molar-refractivity contribution >= 4 is 33.6 Å². The Kier molecular flexibility index (Phi) is 9.15. The van der Waals surface area contributed by atoms with Crippen LogP contribution in [0.25, 0.3) is 0 Å².